The van der Waals surface area contributed by atoms with Crippen LogP contribution in [0, 0.1) is 17.8 Å². The molecular formula is C18H30O2Si. The summed E-state index contributed by atoms with van der Waals surface area (Å²) >= 11 is 0. The van der Waals surface area contributed by atoms with Gasteiger partial charge in [-0.1, -0.05) is 69.4 Å². The van der Waals surface area contributed by atoms with Gasteiger partial charge in [0.25, 0.3) is 0 Å². The Morgan fingerprint density at radius 2 is 1.86 bits per heavy atom. The van der Waals surface area contributed by atoms with Gasteiger partial charge in [0.15, 0.2) is 0 Å². The molecule has 0 aromatic heterocycles. The van der Waals surface area contributed by atoms with E-state index < -0.39 is 8.07 Å². The number of ether oxygens (including phenoxy) is 1. The first-order valence-corrected chi connectivity index (χ1v) is 11.4. The van der Waals surface area contributed by atoms with E-state index in [1.807, 2.05) is 0 Å². The van der Waals surface area contributed by atoms with E-state index >= 15 is 0 Å². The summed E-state index contributed by atoms with van der Waals surface area (Å²) in [6.45, 7) is 12.0. The van der Waals surface area contributed by atoms with E-state index in [2.05, 4.69) is 64.2 Å². The van der Waals surface area contributed by atoms with Crippen molar-refractivity contribution < 1.29 is 9.84 Å². The number of aliphatic hydroxyl groups excluding tert-OH is 1. The van der Waals surface area contributed by atoms with Crippen molar-refractivity contribution in [1.29, 1.82) is 0 Å². The predicted molar refractivity (Wildman–Crippen MR) is 91.6 cm³/mol. The molecular weight excluding hydrogens is 276 g/mol. The molecule has 4 atom stereocenters. The van der Waals surface area contributed by atoms with Crippen molar-refractivity contribution >= 4 is 13.3 Å². The Labute approximate surface area is 130 Å². The molecule has 1 N–H and O–H groups in total. The maximum absolute atomic E-state index is 10.6. The van der Waals surface area contributed by atoms with E-state index in [9.17, 15) is 5.11 Å². The Morgan fingerprint density at radius 3 is 2.43 bits per heavy atom. The molecule has 1 saturated heterocycles. The first kappa shape index (κ1) is 16.7. The van der Waals surface area contributed by atoms with Crippen molar-refractivity contribution in [3.8, 4) is 0 Å². The lowest BCUT2D eigenvalue weighted by Gasteiger charge is -2.42. The molecule has 1 aliphatic heterocycles. The summed E-state index contributed by atoms with van der Waals surface area (Å²) in [7, 11) is -1.52. The Hall–Kier alpha value is -0.643. The maximum Gasteiger partial charge on any atom is 0.0831 e. The quantitative estimate of drug-likeness (QED) is 0.865. The van der Waals surface area contributed by atoms with Crippen LogP contribution >= 0.6 is 0 Å². The average molecular weight is 307 g/mol. The Kier molecular flexibility index (Phi) is 5.28. The minimum atomic E-state index is -1.52. The first-order valence-electron chi connectivity index (χ1n) is 8.18. The van der Waals surface area contributed by atoms with Gasteiger partial charge in [-0.15, -0.1) is 0 Å². The zero-order valence-corrected chi connectivity index (χ0v) is 15.0. The van der Waals surface area contributed by atoms with E-state index in [-0.39, 0.29) is 24.0 Å². The van der Waals surface area contributed by atoms with Crippen LogP contribution in [0.25, 0.3) is 0 Å². The topological polar surface area (TPSA) is 29.5 Å². The van der Waals surface area contributed by atoms with E-state index in [1.165, 1.54) is 5.19 Å². The zero-order valence-electron chi connectivity index (χ0n) is 14.0. The van der Waals surface area contributed by atoms with Crippen LogP contribution in [-0.2, 0) is 4.74 Å². The van der Waals surface area contributed by atoms with Crippen molar-refractivity contribution in [2.24, 2.45) is 17.8 Å². The van der Waals surface area contributed by atoms with Gasteiger partial charge in [0.2, 0.25) is 0 Å². The normalized spacial score (nSPS) is 30.6. The van der Waals surface area contributed by atoms with E-state index in [0.29, 0.717) is 12.5 Å². The highest BCUT2D eigenvalue weighted by molar-refractivity contribution is 6.89. The van der Waals surface area contributed by atoms with Gasteiger partial charge < -0.3 is 9.84 Å². The second kappa shape index (κ2) is 6.63. The molecule has 1 aromatic rings. The largest absolute Gasteiger partial charge is 0.392 e. The van der Waals surface area contributed by atoms with E-state index in [1.54, 1.807) is 0 Å². The van der Waals surface area contributed by atoms with Crippen molar-refractivity contribution in [3.05, 3.63) is 30.3 Å². The summed E-state index contributed by atoms with van der Waals surface area (Å²) in [6.07, 6.45) is -0.0406. The molecule has 3 heteroatoms. The molecule has 2 nitrogen and oxygen atoms in total. The number of benzene rings is 1. The van der Waals surface area contributed by atoms with Crippen LogP contribution < -0.4 is 5.19 Å². The first-order chi connectivity index (χ1) is 9.83. The molecule has 2 rings (SSSR count). The Morgan fingerprint density at radius 1 is 1.24 bits per heavy atom. The summed E-state index contributed by atoms with van der Waals surface area (Å²) in [5, 5.41) is 12.1. The van der Waals surface area contributed by atoms with Gasteiger partial charge in [0.1, 0.15) is 0 Å². The number of aliphatic hydroxyl groups is 1. The third-order valence-corrected chi connectivity index (χ3v) is 8.51. The molecule has 1 heterocycles. The highest BCUT2D eigenvalue weighted by Crippen LogP contribution is 2.33. The van der Waals surface area contributed by atoms with Crippen LogP contribution in [0.3, 0.4) is 0 Å². The predicted octanol–water partition coefficient (Wildman–Crippen LogP) is 3.27. The maximum atomic E-state index is 10.6. The van der Waals surface area contributed by atoms with Crippen LogP contribution in [0.5, 0.6) is 0 Å². The monoisotopic (exact) mass is 306 g/mol. The van der Waals surface area contributed by atoms with Crippen molar-refractivity contribution in [3.63, 3.8) is 0 Å². The summed E-state index contributed by atoms with van der Waals surface area (Å²) < 4.78 is 6.17. The smallest absolute Gasteiger partial charge is 0.0831 e. The van der Waals surface area contributed by atoms with Crippen LogP contribution in [0.2, 0.25) is 19.1 Å². The standard InChI is InChI=1S/C18H30O2Si/c1-13(2)16-11-20-17(14(3)18(16)19)12-21(4,5)15-9-7-6-8-10-15/h6-10,13-14,16-19H,11-12H2,1-5H3/t14-,16+,17-,18+/m0/s1. The van der Waals surface area contributed by atoms with Crippen LogP contribution in [-0.4, -0.2) is 32.0 Å². The van der Waals surface area contributed by atoms with Crippen LogP contribution in [0.15, 0.2) is 30.3 Å². The second-order valence-electron chi connectivity index (χ2n) is 7.58. The molecule has 118 valence electrons. The minimum absolute atomic E-state index is 0.192. The van der Waals surface area contributed by atoms with E-state index in [4.69, 9.17) is 4.74 Å². The minimum Gasteiger partial charge on any atom is -0.392 e. The third kappa shape index (κ3) is 3.76. The van der Waals surface area contributed by atoms with Crippen LogP contribution in [0.4, 0.5) is 0 Å². The molecule has 1 aromatic carbocycles. The fraction of sp³-hybridized carbons (Fsp3) is 0.667. The fourth-order valence-electron chi connectivity index (χ4n) is 3.44. The zero-order chi connectivity index (χ0) is 15.6. The molecule has 0 unspecified atom stereocenters. The molecule has 1 fully saturated rings. The summed E-state index contributed by atoms with van der Waals surface area (Å²) in [5.41, 5.74) is 0. The van der Waals surface area contributed by atoms with Gasteiger partial charge >= 0.3 is 0 Å². The van der Waals surface area contributed by atoms with Gasteiger partial charge in [-0.05, 0) is 12.0 Å². The lowest BCUT2D eigenvalue weighted by Crippen LogP contribution is -2.52. The molecule has 0 saturated carbocycles. The van der Waals surface area contributed by atoms with Crippen LogP contribution in [0.1, 0.15) is 20.8 Å². The van der Waals surface area contributed by atoms with Gasteiger partial charge in [0.05, 0.1) is 26.9 Å². The van der Waals surface area contributed by atoms with Gasteiger partial charge in [0, 0.05) is 11.8 Å². The van der Waals surface area contributed by atoms with Crippen molar-refractivity contribution in [1.82, 2.24) is 0 Å². The third-order valence-electron chi connectivity index (χ3n) is 5.19. The summed E-state index contributed by atoms with van der Waals surface area (Å²) in [6, 6.07) is 11.9. The Bertz CT molecular complexity index is 444. The van der Waals surface area contributed by atoms with Gasteiger partial charge in [-0.3, -0.25) is 0 Å². The average Bonchev–Trinajstić information content (AvgIpc) is 2.44. The molecule has 0 aliphatic carbocycles. The Balaban J connectivity index is 2.07. The molecule has 0 radical (unpaired) electrons. The summed E-state index contributed by atoms with van der Waals surface area (Å²) in [5.74, 6) is 0.974. The fourth-order valence-corrected chi connectivity index (χ4v) is 6.26. The number of hydrogen-bond acceptors (Lipinski definition) is 2. The molecule has 0 amide bonds. The second-order valence-corrected chi connectivity index (χ2v) is 12.3. The highest BCUT2D eigenvalue weighted by atomic mass is 28.3. The lowest BCUT2D eigenvalue weighted by molar-refractivity contribution is -0.126. The van der Waals surface area contributed by atoms with Gasteiger partial charge in [-0.25, -0.2) is 0 Å². The summed E-state index contributed by atoms with van der Waals surface area (Å²) in [4.78, 5) is 0. The number of hydrogen-bond donors (Lipinski definition) is 1. The molecule has 1 aliphatic rings. The van der Waals surface area contributed by atoms with Crippen molar-refractivity contribution in [2.45, 2.75) is 52.1 Å². The van der Waals surface area contributed by atoms with E-state index in [0.717, 1.165) is 6.04 Å². The lowest BCUT2D eigenvalue weighted by atomic mass is 9.80. The number of rotatable bonds is 4. The molecule has 0 spiro atoms. The molecule has 0 bridgehead atoms. The molecule has 21 heavy (non-hydrogen) atoms. The van der Waals surface area contributed by atoms with Crippen molar-refractivity contribution in [2.75, 3.05) is 6.61 Å². The van der Waals surface area contributed by atoms with Gasteiger partial charge in [-0.2, -0.15) is 0 Å². The highest BCUT2D eigenvalue weighted by Gasteiger charge is 2.40. The SMILES string of the molecule is CC(C)[C@H]1CO[C@@H](C[Si](C)(C)c2ccccc2)[C@H](C)[C@H]1O.